The van der Waals surface area contributed by atoms with Crippen molar-refractivity contribution in [3.8, 4) is 0 Å². The number of carbonyl (C=O) groups is 1. The van der Waals surface area contributed by atoms with Crippen LogP contribution in [-0.2, 0) is 14.3 Å². The molecule has 2 aliphatic rings. The molecule has 23 heavy (non-hydrogen) atoms. The van der Waals surface area contributed by atoms with E-state index in [1.165, 1.54) is 0 Å². The number of hydrogen-bond donors (Lipinski definition) is 2. The first-order chi connectivity index (χ1) is 10.6. The predicted molar refractivity (Wildman–Crippen MR) is 100 cm³/mol. The zero-order chi connectivity index (χ0) is 15.8. The van der Waals surface area contributed by atoms with E-state index in [0.29, 0.717) is 11.9 Å². The fraction of sp³-hybridized carbons (Fsp3) is 0.867. The maximum atomic E-state index is 11.7. The van der Waals surface area contributed by atoms with Crippen LogP contribution in [0.2, 0.25) is 0 Å². The van der Waals surface area contributed by atoms with Crippen molar-refractivity contribution in [3.63, 3.8) is 0 Å². The van der Waals surface area contributed by atoms with Crippen LogP contribution in [0, 0.1) is 5.92 Å². The molecular formula is C15H29IN4O3. The minimum atomic E-state index is -0.0117. The Hall–Kier alpha value is -0.610. The summed E-state index contributed by atoms with van der Waals surface area (Å²) in [5.74, 6) is 1.18. The van der Waals surface area contributed by atoms with Crippen LogP contribution in [0.4, 0.5) is 0 Å². The van der Waals surface area contributed by atoms with Gasteiger partial charge in [0.2, 0.25) is 5.91 Å². The number of likely N-dealkylation sites (N-methyl/N-ethyl adjacent to an activating group) is 1. The molecule has 2 unspecified atom stereocenters. The van der Waals surface area contributed by atoms with E-state index in [1.807, 2.05) is 0 Å². The maximum Gasteiger partial charge on any atom is 0.243 e. The van der Waals surface area contributed by atoms with Crippen LogP contribution < -0.4 is 10.6 Å². The third-order valence-electron chi connectivity index (χ3n) is 3.97. The highest BCUT2D eigenvalue weighted by atomic mass is 127. The second kappa shape index (κ2) is 11.0. The molecule has 7 nitrogen and oxygen atoms in total. The highest BCUT2D eigenvalue weighted by Crippen LogP contribution is 2.11. The van der Waals surface area contributed by atoms with Gasteiger partial charge >= 0.3 is 0 Å². The van der Waals surface area contributed by atoms with Crippen LogP contribution in [0.25, 0.3) is 0 Å². The summed E-state index contributed by atoms with van der Waals surface area (Å²) in [5, 5.41) is 6.59. The van der Waals surface area contributed by atoms with Gasteiger partial charge in [-0.3, -0.25) is 4.79 Å². The fourth-order valence-electron chi connectivity index (χ4n) is 2.46. The Morgan fingerprint density at radius 2 is 2.00 bits per heavy atom. The van der Waals surface area contributed by atoms with Crippen molar-refractivity contribution >= 4 is 35.8 Å². The molecule has 2 rings (SSSR count). The van der Waals surface area contributed by atoms with Crippen LogP contribution >= 0.6 is 24.0 Å². The normalized spacial score (nSPS) is 24.2. The first-order valence-electron chi connectivity index (χ1n) is 8.07. The summed E-state index contributed by atoms with van der Waals surface area (Å²) in [6.07, 6.45) is 3.51. The molecule has 2 saturated heterocycles. The van der Waals surface area contributed by atoms with E-state index in [-0.39, 0.29) is 42.5 Å². The number of hydrogen-bond acceptors (Lipinski definition) is 4. The summed E-state index contributed by atoms with van der Waals surface area (Å²) in [5.41, 5.74) is 0. The highest BCUT2D eigenvalue weighted by molar-refractivity contribution is 14.0. The number of amides is 1. The van der Waals surface area contributed by atoms with E-state index in [9.17, 15) is 4.79 Å². The van der Waals surface area contributed by atoms with Crippen LogP contribution in [0.3, 0.4) is 0 Å². The largest absolute Gasteiger partial charge is 0.381 e. The molecule has 0 saturated carbocycles. The molecule has 2 aliphatic heterocycles. The van der Waals surface area contributed by atoms with Gasteiger partial charge in [-0.1, -0.05) is 0 Å². The second-order valence-electron chi connectivity index (χ2n) is 6.08. The van der Waals surface area contributed by atoms with Gasteiger partial charge in [0.1, 0.15) is 6.54 Å². The SMILES string of the molecule is CN(C)C(=O)CN=C(NCC1CCOC1)NCC1CCCO1.I. The van der Waals surface area contributed by atoms with Crippen LogP contribution in [0.1, 0.15) is 19.3 Å². The van der Waals surface area contributed by atoms with Crippen molar-refractivity contribution < 1.29 is 14.3 Å². The average molecular weight is 440 g/mol. The third kappa shape index (κ3) is 7.67. The zero-order valence-electron chi connectivity index (χ0n) is 14.0. The Balaban J connectivity index is 0.00000264. The fourth-order valence-corrected chi connectivity index (χ4v) is 2.46. The molecule has 2 heterocycles. The number of guanidine groups is 1. The van der Waals surface area contributed by atoms with Crippen molar-refractivity contribution in [2.45, 2.75) is 25.4 Å². The summed E-state index contributed by atoms with van der Waals surface area (Å²) in [6.45, 7) is 4.15. The summed E-state index contributed by atoms with van der Waals surface area (Å²) in [4.78, 5) is 17.6. The van der Waals surface area contributed by atoms with Gasteiger partial charge < -0.3 is 25.0 Å². The van der Waals surface area contributed by atoms with E-state index in [0.717, 1.165) is 52.2 Å². The predicted octanol–water partition coefficient (Wildman–Crippen LogP) is 0.443. The molecule has 0 spiro atoms. The summed E-state index contributed by atoms with van der Waals surface area (Å²) >= 11 is 0. The van der Waals surface area contributed by atoms with Gasteiger partial charge in [0.15, 0.2) is 5.96 Å². The van der Waals surface area contributed by atoms with E-state index < -0.39 is 0 Å². The Kier molecular flexibility index (Phi) is 9.80. The first kappa shape index (κ1) is 20.4. The molecule has 0 radical (unpaired) electrons. The Bertz CT molecular complexity index is 359. The van der Waals surface area contributed by atoms with Crippen LogP contribution in [0.15, 0.2) is 4.99 Å². The van der Waals surface area contributed by atoms with Gasteiger partial charge in [-0.25, -0.2) is 4.99 Å². The Morgan fingerprint density at radius 3 is 2.61 bits per heavy atom. The molecule has 2 N–H and O–H groups in total. The Morgan fingerprint density at radius 1 is 1.22 bits per heavy atom. The molecule has 1 amide bonds. The lowest BCUT2D eigenvalue weighted by Crippen LogP contribution is -2.43. The lowest BCUT2D eigenvalue weighted by atomic mass is 10.1. The standard InChI is InChI=1S/C15H28N4O3.HI/c1-19(2)14(20)10-18-15(16-8-12-5-7-21-11-12)17-9-13-4-3-6-22-13;/h12-13H,3-11H2,1-2H3,(H2,16,17,18);1H. The molecular weight excluding hydrogens is 411 g/mol. The summed E-state index contributed by atoms with van der Waals surface area (Å²) in [7, 11) is 3.47. The molecule has 8 heteroatoms. The number of nitrogens with zero attached hydrogens (tertiary/aromatic N) is 2. The number of aliphatic imine (C=N–C) groups is 1. The molecule has 2 fully saturated rings. The molecule has 0 aromatic rings. The highest BCUT2D eigenvalue weighted by Gasteiger charge is 2.18. The number of halogens is 1. The quantitative estimate of drug-likeness (QED) is 0.356. The summed E-state index contributed by atoms with van der Waals surface area (Å²) in [6, 6.07) is 0. The van der Waals surface area contributed by atoms with Crippen LogP contribution in [-0.4, -0.2) is 76.4 Å². The van der Waals surface area contributed by atoms with Crippen molar-refractivity contribution in [2.75, 3.05) is 53.6 Å². The molecule has 0 aromatic heterocycles. The maximum absolute atomic E-state index is 11.7. The lowest BCUT2D eigenvalue weighted by Gasteiger charge is -2.17. The van der Waals surface area contributed by atoms with Gasteiger partial charge in [0.25, 0.3) is 0 Å². The number of carbonyl (C=O) groups excluding carboxylic acids is 1. The molecule has 0 aliphatic carbocycles. The van der Waals surface area contributed by atoms with E-state index >= 15 is 0 Å². The average Bonchev–Trinajstić information content (AvgIpc) is 3.19. The topological polar surface area (TPSA) is 75.2 Å². The monoisotopic (exact) mass is 440 g/mol. The lowest BCUT2D eigenvalue weighted by molar-refractivity contribution is -0.127. The zero-order valence-corrected chi connectivity index (χ0v) is 16.4. The van der Waals surface area contributed by atoms with Crippen molar-refractivity contribution in [3.05, 3.63) is 0 Å². The van der Waals surface area contributed by atoms with Gasteiger partial charge in [-0.15, -0.1) is 24.0 Å². The molecule has 0 aromatic carbocycles. The minimum absolute atomic E-state index is 0. The first-order valence-corrected chi connectivity index (χ1v) is 8.07. The smallest absolute Gasteiger partial charge is 0.243 e. The van der Waals surface area contributed by atoms with Gasteiger partial charge in [0, 0.05) is 46.3 Å². The summed E-state index contributed by atoms with van der Waals surface area (Å²) < 4.78 is 11.0. The van der Waals surface area contributed by atoms with Gasteiger partial charge in [-0.2, -0.15) is 0 Å². The molecule has 134 valence electrons. The van der Waals surface area contributed by atoms with Crippen LogP contribution in [0.5, 0.6) is 0 Å². The van der Waals surface area contributed by atoms with Gasteiger partial charge in [-0.05, 0) is 19.3 Å². The number of rotatable bonds is 6. The van der Waals surface area contributed by atoms with E-state index in [4.69, 9.17) is 9.47 Å². The van der Waals surface area contributed by atoms with Crippen molar-refractivity contribution in [1.82, 2.24) is 15.5 Å². The van der Waals surface area contributed by atoms with Gasteiger partial charge in [0.05, 0.1) is 12.7 Å². The minimum Gasteiger partial charge on any atom is -0.381 e. The molecule has 0 bridgehead atoms. The van der Waals surface area contributed by atoms with Crippen molar-refractivity contribution in [2.24, 2.45) is 10.9 Å². The Labute approximate surface area is 155 Å². The third-order valence-corrected chi connectivity index (χ3v) is 3.97. The van der Waals surface area contributed by atoms with E-state index in [1.54, 1.807) is 19.0 Å². The van der Waals surface area contributed by atoms with E-state index in [2.05, 4.69) is 15.6 Å². The van der Waals surface area contributed by atoms with Crippen molar-refractivity contribution in [1.29, 1.82) is 0 Å². The number of ether oxygens (including phenoxy) is 2. The molecule has 2 atom stereocenters. The number of nitrogens with one attached hydrogen (secondary N) is 2. The second-order valence-corrected chi connectivity index (χ2v) is 6.08.